The van der Waals surface area contributed by atoms with Crippen LogP contribution in [-0.4, -0.2) is 5.25 Å². The lowest BCUT2D eigenvalue weighted by atomic mass is 10.0. The summed E-state index contributed by atoms with van der Waals surface area (Å²) in [4.78, 5) is 1.37. The van der Waals surface area contributed by atoms with Gasteiger partial charge in [0, 0.05) is 10.1 Å². The summed E-state index contributed by atoms with van der Waals surface area (Å²) >= 11 is 1.92. The van der Waals surface area contributed by atoms with Gasteiger partial charge in [-0.05, 0) is 60.7 Å². The minimum absolute atomic E-state index is 0.547. The zero-order chi connectivity index (χ0) is 16.3. The molecule has 0 amide bonds. The van der Waals surface area contributed by atoms with E-state index in [4.69, 9.17) is 4.74 Å². The molecule has 2 aromatic rings. The molecule has 0 saturated heterocycles. The third-order valence-electron chi connectivity index (χ3n) is 3.57. The molecule has 0 spiro atoms. The van der Waals surface area contributed by atoms with Crippen LogP contribution < -0.4 is 4.74 Å². The number of rotatable bonds is 5. The van der Waals surface area contributed by atoms with Crippen molar-refractivity contribution < 1.29 is 4.74 Å². The third kappa shape index (κ3) is 4.30. The molecule has 0 saturated carbocycles. The van der Waals surface area contributed by atoms with Gasteiger partial charge in [0.05, 0.1) is 0 Å². The van der Waals surface area contributed by atoms with Gasteiger partial charge >= 0.3 is 0 Å². The Hall–Kier alpha value is -1.41. The maximum atomic E-state index is 6.03. The number of hydrogen-bond donors (Lipinski definition) is 0. The van der Waals surface area contributed by atoms with E-state index >= 15 is 0 Å². The number of thioether (sulfide) groups is 1. The summed E-state index contributed by atoms with van der Waals surface area (Å²) in [5.74, 6) is 2.36. The number of hydrogen-bond acceptors (Lipinski definition) is 2. The first-order valence-corrected chi connectivity index (χ1v) is 8.80. The summed E-state index contributed by atoms with van der Waals surface area (Å²) in [5.41, 5.74) is 3.91. The zero-order valence-electron chi connectivity index (χ0n) is 14.4. The second-order valence-electron chi connectivity index (χ2n) is 6.38. The van der Waals surface area contributed by atoms with Crippen molar-refractivity contribution in [2.75, 3.05) is 0 Å². The first-order valence-electron chi connectivity index (χ1n) is 7.92. The van der Waals surface area contributed by atoms with E-state index in [1.165, 1.54) is 21.6 Å². The second kappa shape index (κ2) is 7.23. The lowest BCUT2D eigenvalue weighted by Gasteiger charge is -2.15. The standard InChI is InChI=1S/C20H26OS/c1-13(2)17-7-9-18(10-8-17)21-19-11-15(5)20(16(6)12-19)22-14(3)4/h7-14H,1-6H3. The normalized spacial score (nSPS) is 11.3. The van der Waals surface area contributed by atoms with Gasteiger partial charge in [0.15, 0.2) is 0 Å². The molecule has 1 nitrogen and oxygen atoms in total. The van der Waals surface area contributed by atoms with Gasteiger partial charge in [-0.1, -0.05) is 39.8 Å². The number of aryl methyl sites for hydroxylation is 2. The Labute approximate surface area is 139 Å². The highest BCUT2D eigenvalue weighted by atomic mass is 32.2. The maximum absolute atomic E-state index is 6.03. The molecule has 0 radical (unpaired) electrons. The lowest BCUT2D eigenvalue weighted by Crippen LogP contribution is -1.94. The quantitative estimate of drug-likeness (QED) is 0.566. The fourth-order valence-electron chi connectivity index (χ4n) is 2.45. The minimum atomic E-state index is 0.547. The molecule has 0 heterocycles. The SMILES string of the molecule is Cc1cc(Oc2ccc(C(C)C)cc2)cc(C)c1SC(C)C. The van der Waals surface area contributed by atoms with Gasteiger partial charge in [-0.25, -0.2) is 0 Å². The number of benzene rings is 2. The van der Waals surface area contributed by atoms with Crippen LogP contribution in [0.4, 0.5) is 0 Å². The van der Waals surface area contributed by atoms with Gasteiger partial charge in [0.25, 0.3) is 0 Å². The summed E-state index contributed by atoms with van der Waals surface area (Å²) in [6, 6.07) is 12.7. The third-order valence-corrected chi connectivity index (χ3v) is 4.92. The van der Waals surface area contributed by atoms with E-state index in [0.29, 0.717) is 11.2 Å². The Balaban J connectivity index is 2.19. The first-order chi connectivity index (χ1) is 10.4. The van der Waals surface area contributed by atoms with Crippen LogP contribution in [0.5, 0.6) is 11.5 Å². The van der Waals surface area contributed by atoms with Gasteiger partial charge in [-0.2, -0.15) is 0 Å². The van der Waals surface area contributed by atoms with Crippen LogP contribution in [0.3, 0.4) is 0 Å². The predicted octanol–water partition coefficient (Wildman–Crippen LogP) is 6.72. The molecular weight excluding hydrogens is 288 g/mol. The van der Waals surface area contributed by atoms with Crippen molar-refractivity contribution in [1.29, 1.82) is 0 Å². The van der Waals surface area contributed by atoms with Crippen LogP contribution in [0.15, 0.2) is 41.3 Å². The van der Waals surface area contributed by atoms with E-state index in [2.05, 4.69) is 77.9 Å². The predicted molar refractivity (Wildman–Crippen MR) is 97.5 cm³/mol. The fourth-order valence-corrected chi connectivity index (χ4v) is 3.41. The minimum Gasteiger partial charge on any atom is -0.457 e. The molecule has 2 heteroatoms. The molecule has 0 N–H and O–H groups in total. The Morgan fingerprint density at radius 3 is 1.82 bits per heavy atom. The van der Waals surface area contributed by atoms with Crippen LogP contribution in [0.2, 0.25) is 0 Å². The lowest BCUT2D eigenvalue weighted by molar-refractivity contribution is 0.481. The highest BCUT2D eigenvalue weighted by Crippen LogP contribution is 2.34. The summed E-state index contributed by atoms with van der Waals surface area (Å²) in [5, 5.41) is 0.591. The Morgan fingerprint density at radius 1 is 0.818 bits per heavy atom. The van der Waals surface area contributed by atoms with Crippen molar-refractivity contribution in [3.63, 3.8) is 0 Å². The summed E-state index contributed by atoms with van der Waals surface area (Å²) in [6.07, 6.45) is 0. The molecule has 0 aliphatic heterocycles. The van der Waals surface area contributed by atoms with Gasteiger partial charge in [-0.3, -0.25) is 0 Å². The van der Waals surface area contributed by atoms with Crippen molar-refractivity contribution >= 4 is 11.8 Å². The highest BCUT2D eigenvalue weighted by molar-refractivity contribution is 8.00. The van der Waals surface area contributed by atoms with Gasteiger partial charge in [-0.15, -0.1) is 11.8 Å². The molecule has 0 bridgehead atoms. The average molecular weight is 314 g/mol. The average Bonchev–Trinajstić information content (AvgIpc) is 2.43. The van der Waals surface area contributed by atoms with Gasteiger partial charge in [0.2, 0.25) is 0 Å². The van der Waals surface area contributed by atoms with Crippen LogP contribution in [0.1, 0.15) is 50.3 Å². The zero-order valence-corrected chi connectivity index (χ0v) is 15.3. The summed E-state index contributed by atoms with van der Waals surface area (Å²) in [6.45, 7) is 13.2. The molecular formula is C20H26OS. The monoisotopic (exact) mass is 314 g/mol. The molecule has 0 unspecified atom stereocenters. The van der Waals surface area contributed by atoms with Crippen molar-refractivity contribution in [1.82, 2.24) is 0 Å². The Morgan fingerprint density at radius 2 is 1.36 bits per heavy atom. The van der Waals surface area contributed by atoms with Crippen LogP contribution >= 0.6 is 11.8 Å². The molecule has 2 aromatic carbocycles. The van der Waals surface area contributed by atoms with Crippen molar-refractivity contribution in [3.05, 3.63) is 53.1 Å². The fraction of sp³-hybridized carbons (Fsp3) is 0.400. The first kappa shape index (κ1) is 17.0. The van der Waals surface area contributed by atoms with Crippen LogP contribution in [0, 0.1) is 13.8 Å². The Bertz CT molecular complexity index is 604. The van der Waals surface area contributed by atoms with E-state index in [1.54, 1.807) is 0 Å². The second-order valence-corrected chi connectivity index (χ2v) is 7.97. The molecule has 0 fully saturated rings. The van der Waals surface area contributed by atoms with E-state index < -0.39 is 0 Å². The topological polar surface area (TPSA) is 9.23 Å². The van der Waals surface area contributed by atoms with E-state index in [-0.39, 0.29) is 0 Å². The smallest absolute Gasteiger partial charge is 0.128 e. The van der Waals surface area contributed by atoms with Gasteiger partial charge < -0.3 is 4.74 Å². The van der Waals surface area contributed by atoms with Crippen molar-refractivity contribution in [2.45, 2.75) is 57.6 Å². The summed E-state index contributed by atoms with van der Waals surface area (Å²) in [7, 11) is 0. The van der Waals surface area contributed by atoms with E-state index in [9.17, 15) is 0 Å². The van der Waals surface area contributed by atoms with E-state index in [1.807, 2.05) is 11.8 Å². The highest BCUT2D eigenvalue weighted by Gasteiger charge is 2.09. The molecule has 0 atom stereocenters. The molecule has 0 aliphatic carbocycles. The van der Waals surface area contributed by atoms with Gasteiger partial charge in [0.1, 0.15) is 11.5 Å². The Kier molecular flexibility index (Phi) is 5.57. The van der Waals surface area contributed by atoms with Crippen molar-refractivity contribution in [3.8, 4) is 11.5 Å². The molecule has 22 heavy (non-hydrogen) atoms. The molecule has 0 aliphatic rings. The molecule has 118 valence electrons. The van der Waals surface area contributed by atoms with Crippen LogP contribution in [-0.2, 0) is 0 Å². The maximum Gasteiger partial charge on any atom is 0.128 e. The van der Waals surface area contributed by atoms with Crippen LogP contribution in [0.25, 0.3) is 0 Å². The van der Waals surface area contributed by atoms with Crippen molar-refractivity contribution in [2.24, 2.45) is 0 Å². The molecule has 2 rings (SSSR count). The summed E-state index contributed by atoms with van der Waals surface area (Å²) < 4.78 is 6.03. The largest absolute Gasteiger partial charge is 0.457 e. The molecule has 0 aromatic heterocycles. The number of ether oxygens (including phenoxy) is 1. The van der Waals surface area contributed by atoms with E-state index in [0.717, 1.165) is 11.5 Å².